The highest BCUT2D eigenvalue weighted by atomic mass is 16.6. The van der Waals surface area contributed by atoms with Crippen LogP contribution in [-0.4, -0.2) is 19.2 Å². The summed E-state index contributed by atoms with van der Waals surface area (Å²) in [5.41, 5.74) is 1.57. The van der Waals surface area contributed by atoms with E-state index in [2.05, 4.69) is 12.2 Å². The second kappa shape index (κ2) is 5.47. The van der Waals surface area contributed by atoms with Crippen LogP contribution < -0.4 is 14.2 Å². The van der Waals surface area contributed by atoms with Crippen LogP contribution in [0.4, 0.5) is 0 Å². The van der Waals surface area contributed by atoms with Crippen LogP contribution >= 0.6 is 0 Å². The molecule has 2 atom stereocenters. The fraction of sp³-hybridized carbons (Fsp3) is 0.211. The molecular weight excluding hydrogens is 292 g/mol. The standard InChI is InChI=1S/C19H16O4/c1-21-17-11-16-14(13-8-5-9-15(13)22-16)10-18(17)23-19(20)12-6-3-2-4-7-12/h2-7,9-11,13,15H,8H2,1H3/t13-,15-/m1/s1. The molecule has 0 bridgehead atoms. The third-order valence-electron chi connectivity index (χ3n) is 4.28. The zero-order valence-corrected chi connectivity index (χ0v) is 12.7. The van der Waals surface area contributed by atoms with Crippen LogP contribution in [0, 0.1) is 0 Å². The largest absolute Gasteiger partial charge is 0.493 e. The van der Waals surface area contributed by atoms with Crippen LogP contribution in [0.5, 0.6) is 17.2 Å². The quantitative estimate of drug-likeness (QED) is 0.492. The third kappa shape index (κ3) is 2.36. The van der Waals surface area contributed by atoms with Crippen molar-refractivity contribution in [3.8, 4) is 17.2 Å². The Hall–Kier alpha value is -2.75. The maximum atomic E-state index is 12.3. The van der Waals surface area contributed by atoms with E-state index in [4.69, 9.17) is 14.2 Å². The highest BCUT2D eigenvalue weighted by Crippen LogP contribution is 2.48. The number of benzene rings is 2. The summed E-state index contributed by atoms with van der Waals surface area (Å²) in [6.07, 6.45) is 5.22. The number of esters is 1. The molecule has 0 aromatic heterocycles. The molecule has 0 radical (unpaired) electrons. The van der Waals surface area contributed by atoms with E-state index in [9.17, 15) is 4.79 Å². The van der Waals surface area contributed by atoms with E-state index in [0.29, 0.717) is 23.0 Å². The number of carbonyl (C=O) groups is 1. The molecule has 2 aliphatic rings. The van der Waals surface area contributed by atoms with E-state index in [1.165, 1.54) is 0 Å². The predicted molar refractivity (Wildman–Crippen MR) is 85.3 cm³/mol. The number of methoxy groups -OCH3 is 1. The van der Waals surface area contributed by atoms with Crippen LogP contribution in [0.3, 0.4) is 0 Å². The van der Waals surface area contributed by atoms with Gasteiger partial charge in [0.1, 0.15) is 11.9 Å². The van der Waals surface area contributed by atoms with E-state index in [-0.39, 0.29) is 6.10 Å². The molecule has 2 aromatic rings. The van der Waals surface area contributed by atoms with Gasteiger partial charge in [-0.2, -0.15) is 0 Å². The lowest BCUT2D eigenvalue weighted by Crippen LogP contribution is -2.10. The third-order valence-corrected chi connectivity index (χ3v) is 4.28. The molecule has 0 saturated carbocycles. The molecule has 1 heterocycles. The Balaban J connectivity index is 1.66. The van der Waals surface area contributed by atoms with Crippen molar-refractivity contribution in [2.75, 3.05) is 7.11 Å². The van der Waals surface area contributed by atoms with Crippen molar-refractivity contribution in [1.29, 1.82) is 0 Å². The molecule has 116 valence electrons. The summed E-state index contributed by atoms with van der Waals surface area (Å²) in [5, 5.41) is 0. The summed E-state index contributed by atoms with van der Waals surface area (Å²) < 4.78 is 16.8. The predicted octanol–water partition coefficient (Wildman–Crippen LogP) is 3.72. The highest BCUT2D eigenvalue weighted by Gasteiger charge is 2.36. The fourth-order valence-corrected chi connectivity index (χ4v) is 3.12. The Morgan fingerprint density at radius 3 is 2.78 bits per heavy atom. The van der Waals surface area contributed by atoms with Crippen LogP contribution in [-0.2, 0) is 0 Å². The first-order chi connectivity index (χ1) is 11.3. The average Bonchev–Trinajstić information content (AvgIpc) is 3.16. The molecular formula is C19H16O4. The zero-order valence-electron chi connectivity index (χ0n) is 12.7. The lowest BCUT2D eigenvalue weighted by molar-refractivity contribution is 0.0729. The topological polar surface area (TPSA) is 44.8 Å². The van der Waals surface area contributed by atoms with Crippen LogP contribution in [0.2, 0.25) is 0 Å². The normalized spacial score (nSPS) is 20.6. The molecule has 4 rings (SSSR count). The van der Waals surface area contributed by atoms with Gasteiger partial charge in [-0.05, 0) is 30.7 Å². The van der Waals surface area contributed by atoms with Gasteiger partial charge in [0.15, 0.2) is 11.5 Å². The Labute approximate surface area is 134 Å². The van der Waals surface area contributed by atoms with Crippen molar-refractivity contribution < 1.29 is 19.0 Å². The van der Waals surface area contributed by atoms with E-state index in [1.54, 1.807) is 37.4 Å². The van der Waals surface area contributed by atoms with E-state index < -0.39 is 5.97 Å². The molecule has 2 aromatic carbocycles. The fourth-order valence-electron chi connectivity index (χ4n) is 3.12. The SMILES string of the molecule is COc1cc2c(cc1OC(=O)c1ccccc1)[C@H]1CC=C[C@H]1O2. The molecule has 23 heavy (non-hydrogen) atoms. The Bertz CT molecular complexity index is 779. The minimum absolute atomic E-state index is 0.0785. The summed E-state index contributed by atoms with van der Waals surface area (Å²) in [7, 11) is 1.55. The van der Waals surface area contributed by atoms with Crippen molar-refractivity contribution >= 4 is 5.97 Å². The number of hydrogen-bond acceptors (Lipinski definition) is 4. The average molecular weight is 308 g/mol. The minimum Gasteiger partial charge on any atom is -0.493 e. The number of carbonyl (C=O) groups excluding carboxylic acids is 1. The molecule has 1 aliphatic heterocycles. The first kappa shape index (κ1) is 13.9. The van der Waals surface area contributed by atoms with Crippen molar-refractivity contribution in [3.63, 3.8) is 0 Å². The van der Waals surface area contributed by atoms with Gasteiger partial charge in [0.05, 0.1) is 12.7 Å². The smallest absolute Gasteiger partial charge is 0.343 e. The molecule has 0 spiro atoms. The number of ether oxygens (including phenoxy) is 3. The Morgan fingerprint density at radius 2 is 2.00 bits per heavy atom. The molecule has 0 amide bonds. The van der Waals surface area contributed by atoms with Crippen molar-refractivity contribution in [1.82, 2.24) is 0 Å². The lowest BCUT2D eigenvalue weighted by atomic mass is 9.96. The van der Waals surface area contributed by atoms with Gasteiger partial charge in [-0.25, -0.2) is 4.79 Å². The van der Waals surface area contributed by atoms with E-state index in [0.717, 1.165) is 17.7 Å². The number of hydrogen-bond donors (Lipinski definition) is 0. The summed E-state index contributed by atoms with van der Waals surface area (Å²) >= 11 is 0. The Kier molecular flexibility index (Phi) is 3.30. The van der Waals surface area contributed by atoms with Gasteiger partial charge in [-0.15, -0.1) is 0 Å². The van der Waals surface area contributed by atoms with Gasteiger partial charge in [0.2, 0.25) is 0 Å². The van der Waals surface area contributed by atoms with Gasteiger partial charge in [0, 0.05) is 17.5 Å². The van der Waals surface area contributed by atoms with Crippen LogP contribution in [0.25, 0.3) is 0 Å². The first-order valence-electron chi connectivity index (χ1n) is 7.59. The summed E-state index contributed by atoms with van der Waals surface area (Å²) in [4.78, 5) is 12.3. The second-order valence-corrected chi connectivity index (χ2v) is 5.65. The minimum atomic E-state index is -0.399. The van der Waals surface area contributed by atoms with E-state index >= 15 is 0 Å². The summed E-state index contributed by atoms with van der Waals surface area (Å²) in [6, 6.07) is 12.6. The molecule has 0 fully saturated rings. The molecule has 0 unspecified atom stereocenters. The van der Waals surface area contributed by atoms with Crippen LogP contribution in [0.15, 0.2) is 54.6 Å². The van der Waals surface area contributed by atoms with Gasteiger partial charge in [-0.3, -0.25) is 0 Å². The van der Waals surface area contributed by atoms with E-state index in [1.807, 2.05) is 12.1 Å². The molecule has 4 nitrogen and oxygen atoms in total. The first-order valence-corrected chi connectivity index (χ1v) is 7.59. The molecule has 1 aliphatic carbocycles. The Morgan fingerprint density at radius 1 is 1.17 bits per heavy atom. The number of rotatable bonds is 3. The summed E-state index contributed by atoms with van der Waals surface area (Å²) in [5.74, 6) is 1.63. The van der Waals surface area contributed by atoms with Crippen molar-refractivity contribution in [3.05, 3.63) is 65.7 Å². The highest BCUT2D eigenvalue weighted by molar-refractivity contribution is 5.91. The molecule has 4 heteroatoms. The van der Waals surface area contributed by atoms with Crippen molar-refractivity contribution in [2.45, 2.75) is 18.4 Å². The monoisotopic (exact) mass is 308 g/mol. The van der Waals surface area contributed by atoms with Gasteiger partial charge in [0.25, 0.3) is 0 Å². The maximum Gasteiger partial charge on any atom is 0.343 e. The zero-order chi connectivity index (χ0) is 15.8. The van der Waals surface area contributed by atoms with Crippen molar-refractivity contribution in [2.24, 2.45) is 0 Å². The van der Waals surface area contributed by atoms with Gasteiger partial charge < -0.3 is 14.2 Å². The van der Waals surface area contributed by atoms with Gasteiger partial charge >= 0.3 is 5.97 Å². The van der Waals surface area contributed by atoms with Gasteiger partial charge in [-0.1, -0.05) is 24.3 Å². The molecule has 0 N–H and O–H groups in total. The number of allylic oxidation sites excluding steroid dienone is 1. The van der Waals surface area contributed by atoms with Crippen LogP contribution in [0.1, 0.15) is 28.3 Å². The second-order valence-electron chi connectivity index (χ2n) is 5.65. The maximum absolute atomic E-state index is 12.3. The lowest BCUT2D eigenvalue weighted by Gasteiger charge is -2.12. The molecule has 0 saturated heterocycles. The summed E-state index contributed by atoms with van der Waals surface area (Å²) in [6.45, 7) is 0. The number of fused-ring (bicyclic) bond motifs is 3.